The van der Waals surface area contributed by atoms with Gasteiger partial charge in [-0.1, -0.05) is 12.8 Å². The van der Waals surface area contributed by atoms with Crippen LogP contribution in [0.5, 0.6) is 0 Å². The molecule has 0 spiro atoms. The summed E-state index contributed by atoms with van der Waals surface area (Å²) in [5, 5.41) is 12.3. The highest BCUT2D eigenvalue weighted by Gasteiger charge is 2.38. The number of hydrogen-bond donors (Lipinski definition) is 3. The Kier molecular flexibility index (Phi) is 6.58. The second-order valence-corrected chi connectivity index (χ2v) is 7.76. The van der Waals surface area contributed by atoms with Crippen LogP contribution in [0.2, 0.25) is 0 Å². The molecule has 7 nitrogen and oxygen atoms in total. The van der Waals surface area contributed by atoms with Crippen LogP contribution >= 0.6 is 0 Å². The van der Waals surface area contributed by atoms with Gasteiger partial charge in [-0.05, 0) is 33.6 Å². The number of aliphatic hydroxyl groups is 1. The lowest BCUT2D eigenvalue weighted by molar-refractivity contribution is -0.145. The average molecular weight is 350 g/mol. The zero-order chi connectivity index (χ0) is 18.4. The van der Waals surface area contributed by atoms with Crippen molar-refractivity contribution in [2.45, 2.75) is 58.5 Å². The summed E-state index contributed by atoms with van der Waals surface area (Å²) in [7, 11) is 0. The van der Waals surface area contributed by atoms with Crippen molar-refractivity contribution in [3.63, 3.8) is 0 Å². The summed E-state index contributed by atoms with van der Waals surface area (Å²) in [6.45, 7) is 6.27. The maximum absolute atomic E-state index is 13.1. The maximum Gasteiger partial charge on any atom is 0.226 e. The molecule has 2 rings (SSSR count). The van der Waals surface area contributed by atoms with E-state index in [9.17, 15) is 14.7 Å². The summed E-state index contributed by atoms with van der Waals surface area (Å²) >= 11 is 0. The molecule has 0 aliphatic heterocycles. The van der Waals surface area contributed by atoms with Gasteiger partial charge >= 0.3 is 0 Å². The zero-order valence-corrected chi connectivity index (χ0v) is 15.4. The van der Waals surface area contributed by atoms with Gasteiger partial charge in [-0.3, -0.25) is 9.59 Å². The predicted molar refractivity (Wildman–Crippen MR) is 94.4 cm³/mol. The third-order valence-electron chi connectivity index (χ3n) is 4.50. The zero-order valence-electron chi connectivity index (χ0n) is 15.4. The van der Waals surface area contributed by atoms with Gasteiger partial charge in [-0.15, -0.1) is 0 Å². The van der Waals surface area contributed by atoms with E-state index in [1.54, 1.807) is 17.3 Å². The fourth-order valence-corrected chi connectivity index (χ4v) is 3.39. The molecule has 0 unspecified atom stereocenters. The first-order chi connectivity index (χ1) is 11.8. The molecule has 0 saturated heterocycles. The van der Waals surface area contributed by atoms with Gasteiger partial charge in [0.05, 0.1) is 13.2 Å². The van der Waals surface area contributed by atoms with Gasteiger partial charge in [0.15, 0.2) is 0 Å². The molecular formula is C18H30N4O3. The molecule has 1 aliphatic carbocycles. The third-order valence-corrected chi connectivity index (χ3v) is 4.50. The molecule has 1 heterocycles. The van der Waals surface area contributed by atoms with Crippen LogP contribution in [0.1, 0.15) is 52.3 Å². The molecule has 0 bridgehead atoms. The minimum atomic E-state index is -0.336. The molecule has 3 N–H and O–H groups in total. The Labute approximate surface area is 149 Å². The molecular weight excluding hydrogens is 320 g/mol. The molecule has 1 aromatic rings. The Morgan fingerprint density at radius 2 is 2.00 bits per heavy atom. The standard InChI is InChI=1S/C18H30N4O3/c1-18(2,3)21-16(24)13-6-4-5-7-14(13)17(25)22(10-11-23)12-15-19-8-9-20-15/h8-9,13-14,23H,4-7,10-12H2,1-3H3,(H,19,20)(H,21,24)/t13-,14+/m1/s1. The number of aliphatic hydroxyl groups excluding tert-OH is 1. The van der Waals surface area contributed by atoms with Crippen LogP contribution in [0.15, 0.2) is 12.4 Å². The highest BCUT2D eigenvalue weighted by atomic mass is 16.3. The van der Waals surface area contributed by atoms with E-state index in [2.05, 4.69) is 15.3 Å². The van der Waals surface area contributed by atoms with Crippen LogP contribution in [0.3, 0.4) is 0 Å². The topological polar surface area (TPSA) is 98.3 Å². The molecule has 1 saturated carbocycles. The van der Waals surface area contributed by atoms with Crippen molar-refractivity contribution in [3.05, 3.63) is 18.2 Å². The fourth-order valence-electron chi connectivity index (χ4n) is 3.39. The first-order valence-corrected chi connectivity index (χ1v) is 9.02. The molecule has 140 valence electrons. The normalized spacial score (nSPS) is 21.0. The van der Waals surface area contributed by atoms with E-state index in [-0.39, 0.29) is 42.3 Å². The summed E-state index contributed by atoms with van der Waals surface area (Å²) < 4.78 is 0. The van der Waals surface area contributed by atoms with Gasteiger partial charge in [-0.2, -0.15) is 0 Å². The van der Waals surface area contributed by atoms with Crippen molar-refractivity contribution in [1.29, 1.82) is 0 Å². The van der Waals surface area contributed by atoms with Crippen LogP contribution in [0.25, 0.3) is 0 Å². The number of aromatic amines is 1. The number of H-pyrrole nitrogens is 1. The quantitative estimate of drug-likeness (QED) is 0.723. The summed E-state index contributed by atoms with van der Waals surface area (Å²) in [5.41, 5.74) is -0.318. The Hall–Kier alpha value is -1.89. The Balaban J connectivity index is 2.12. The Bertz CT molecular complexity index is 565. The lowest BCUT2D eigenvalue weighted by atomic mass is 9.77. The van der Waals surface area contributed by atoms with Gasteiger partial charge in [0.2, 0.25) is 11.8 Å². The SMILES string of the molecule is CC(C)(C)NC(=O)[C@@H]1CCCC[C@@H]1C(=O)N(CCO)Cc1ncc[nH]1. The number of imidazole rings is 1. The van der Waals surface area contributed by atoms with Gasteiger partial charge in [-0.25, -0.2) is 4.98 Å². The van der Waals surface area contributed by atoms with Gasteiger partial charge < -0.3 is 20.3 Å². The number of carbonyl (C=O) groups excluding carboxylic acids is 2. The fraction of sp³-hybridized carbons (Fsp3) is 0.722. The van der Waals surface area contributed by atoms with Crippen molar-refractivity contribution in [3.8, 4) is 0 Å². The molecule has 25 heavy (non-hydrogen) atoms. The lowest BCUT2D eigenvalue weighted by Gasteiger charge is -2.35. The van der Waals surface area contributed by atoms with Crippen molar-refractivity contribution >= 4 is 11.8 Å². The first kappa shape index (κ1) is 19.4. The molecule has 0 aromatic carbocycles. The second kappa shape index (κ2) is 8.47. The monoisotopic (exact) mass is 350 g/mol. The average Bonchev–Trinajstić information content (AvgIpc) is 3.05. The summed E-state index contributed by atoms with van der Waals surface area (Å²) in [5.74, 6) is -0.0871. The number of hydrogen-bond acceptors (Lipinski definition) is 4. The van der Waals surface area contributed by atoms with E-state index in [0.717, 1.165) is 19.3 Å². The van der Waals surface area contributed by atoms with Crippen LogP contribution in [0, 0.1) is 11.8 Å². The van der Waals surface area contributed by atoms with Gasteiger partial charge in [0.25, 0.3) is 0 Å². The number of carbonyl (C=O) groups is 2. The first-order valence-electron chi connectivity index (χ1n) is 9.02. The van der Waals surface area contributed by atoms with E-state index in [1.165, 1.54) is 0 Å². The molecule has 0 radical (unpaired) electrons. The smallest absolute Gasteiger partial charge is 0.226 e. The van der Waals surface area contributed by atoms with E-state index in [0.29, 0.717) is 18.8 Å². The summed E-state index contributed by atoms with van der Waals surface area (Å²) in [4.78, 5) is 34.5. The van der Waals surface area contributed by atoms with Gasteiger partial charge in [0.1, 0.15) is 5.82 Å². The minimum absolute atomic E-state index is 0.0486. The lowest BCUT2D eigenvalue weighted by Crippen LogP contribution is -2.50. The van der Waals surface area contributed by atoms with Crippen LogP contribution in [0.4, 0.5) is 0 Å². The third kappa shape index (κ3) is 5.56. The van der Waals surface area contributed by atoms with E-state index >= 15 is 0 Å². The molecule has 7 heteroatoms. The molecule has 1 aromatic heterocycles. The molecule has 1 fully saturated rings. The number of nitrogens with one attached hydrogen (secondary N) is 2. The summed E-state index contributed by atoms with van der Waals surface area (Å²) in [6, 6.07) is 0. The molecule has 1 aliphatic rings. The number of nitrogens with zero attached hydrogens (tertiary/aromatic N) is 2. The van der Waals surface area contributed by atoms with E-state index < -0.39 is 0 Å². The van der Waals surface area contributed by atoms with Crippen molar-refractivity contribution in [2.75, 3.05) is 13.2 Å². The summed E-state index contributed by atoms with van der Waals surface area (Å²) in [6.07, 6.45) is 6.69. The van der Waals surface area contributed by atoms with Crippen molar-refractivity contribution in [2.24, 2.45) is 11.8 Å². The van der Waals surface area contributed by atoms with Gasteiger partial charge in [0, 0.05) is 36.3 Å². The largest absolute Gasteiger partial charge is 0.395 e. The Morgan fingerprint density at radius 3 is 2.56 bits per heavy atom. The highest BCUT2D eigenvalue weighted by molar-refractivity contribution is 5.88. The van der Waals surface area contributed by atoms with Crippen molar-refractivity contribution < 1.29 is 14.7 Å². The van der Waals surface area contributed by atoms with E-state index in [1.807, 2.05) is 20.8 Å². The Morgan fingerprint density at radius 1 is 1.32 bits per heavy atom. The molecule has 2 amide bonds. The second-order valence-electron chi connectivity index (χ2n) is 7.76. The van der Waals surface area contributed by atoms with Crippen LogP contribution in [-0.4, -0.2) is 50.5 Å². The highest BCUT2D eigenvalue weighted by Crippen LogP contribution is 2.32. The van der Waals surface area contributed by atoms with Crippen LogP contribution < -0.4 is 5.32 Å². The number of aromatic nitrogens is 2. The van der Waals surface area contributed by atoms with E-state index in [4.69, 9.17) is 0 Å². The minimum Gasteiger partial charge on any atom is -0.395 e. The number of amides is 2. The van der Waals surface area contributed by atoms with Crippen LogP contribution in [-0.2, 0) is 16.1 Å². The van der Waals surface area contributed by atoms with Crippen molar-refractivity contribution in [1.82, 2.24) is 20.2 Å². The maximum atomic E-state index is 13.1. The molecule has 2 atom stereocenters. The number of rotatable bonds is 6. The predicted octanol–water partition coefficient (Wildman–Crippen LogP) is 1.45.